The van der Waals surface area contributed by atoms with Gasteiger partial charge in [-0.15, -0.1) is 0 Å². The summed E-state index contributed by atoms with van der Waals surface area (Å²) in [5.74, 6) is -0.405. The Labute approximate surface area is 200 Å². The Bertz CT molecular complexity index is 1120. The van der Waals surface area contributed by atoms with Gasteiger partial charge >= 0.3 is 0 Å². The van der Waals surface area contributed by atoms with Crippen LogP contribution in [0.2, 0.25) is 18.6 Å². The topological polar surface area (TPSA) is 70.1 Å². The first kappa shape index (κ1) is 23.2. The van der Waals surface area contributed by atoms with Crippen molar-refractivity contribution in [1.82, 2.24) is 0 Å². The monoisotopic (exact) mass is 482 g/mol. The van der Waals surface area contributed by atoms with Gasteiger partial charge in [0, 0.05) is 42.3 Å². The van der Waals surface area contributed by atoms with Crippen LogP contribution in [0.3, 0.4) is 0 Å². The molecule has 0 radical (unpaired) electrons. The highest BCUT2D eigenvalue weighted by molar-refractivity contribution is 6.72. The number of hydrogen-bond acceptors (Lipinski definition) is 4. The number of ether oxygens (including phenoxy) is 1. The van der Waals surface area contributed by atoms with Crippen molar-refractivity contribution in [2.24, 2.45) is 5.92 Å². The molecule has 4 atom stereocenters. The van der Waals surface area contributed by atoms with Gasteiger partial charge in [-0.2, -0.15) is 0 Å². The van der Waals surface area contributed by atoms with Crippen LogP contribution in [-0.2, 0) is 26.5 Å². The smallest absolute Gasteiger partial charge is 0.264 e. The van der Waals surface area contributed by atoms with E-state index in [0.29, 0.717) is 19.4 Å². The standard InChI is InChI=1S/C26H31FN2O4Si/c1-17-24(34(2,3)27)22(13-15-30)33-26(17)20-6-4-5-7-21(20)29(25(26)32)16-18-8-10-19(11-9-18)28-14-12-23(28)31/h4-11,17,22,24,30H,12-16H2,1-3H3/t17-,22+,24-,26+/m1/s1. The number of β-lactam (4-membered cyclic amide) rings is 1. The minimum atomic E-state index is -3.19. The summed E-state index contributed by atoms with van der Waals surface area (Å²) in [7, 11) is -3.19. The van der Waals surface area contributed by atoms with E-state index >= 15 is 4.11 Å². The highest BCUT2D eigenvalue weighted by Crippen LogP contribution is 2.60. The number of halogens is 1. The van der Waals surface area contributed by atoms with E-state index in [1.165, 1.54) is 0 Å². The molecule has 2 fully saturated rings. The Morgan fingerprint density at radius 1 is 1.15 bits per heavy atom. The Kier molecular flexibility index (Phi) is 5.65. The third-order valence-electron chi connectivity index (χ3n) is 7.72. The van der Waals surface area contributed by atoms with Crippen LogP contribution in [0.25, 0.3) is 0 Å². The van der Waals surface area contributed by atoms with Gasteiger partial charge in [-0.05, 0) is 43.3 Å². The van der Waals surface area contributed by atoms with Crippen molar-refractivity contribution in [1.29, 1.82) is 0 Å². The summed E-state index contributed by atoms with van der Waals surface area (Å²) >= 11 is 0. The molecule has 3 aliphatic rings. The molecule has 34 heavy (non-hydrogen) atoms. The second-order valence-corrected chi connectivity index (χ2v) is 13.9. The quantitative estimate of drug-likeness (QED) is 0.382. The number of amides is 2. The fraction of sp³-hybridized carbons (Fsp3) is 0.462. The predicted molar refractivity (Wildman–Crippen MR) is 131 cm³/mol. The van der Waals surface area contributed by atoms with E-state index in [1.54, 1.807) is 22.9 Å². The van der Waals surface area contributed by atoms with Gasteiger partial charge in [0.05, 0.1) is 18.3 Å². The average Bonchev–Trinajstić information content (AvgIpc) is 3.21. The Morgan fingerprint density at radius 3 is 2.44 bits per heavy atom. The molecule has 8 heteroatoms. The van der Waals surface area contributed by atoms with Crippen LogP contribution in [-0.4, -0.2) is 44.6 Å². The molecule has 2 amide bonds. The summed E-state index contributed by atoms with van der Waals surface area (Å²) in [6, 6.07) is 15.3. The van der Waals surface area contributed by atoms with Crippen LogP contribution in [0.4, 0.5) is 15.5 Å². The molecule has 1 spiro atoms. The molecule has 2 aromatic rings. The molecule has 5 rings (SSSR count). The molecule has 1 N–H and O–H groups in total. The number of rotatable bonds is 6. The van der Waals surface area contributed by atoms with E-state index in [4.69, 9.17) is 4.74 Å². The van der Waals surface area contributed by atoms with Gasteiger partial charge in [0.1, 0.15) is 0 Å². The molecule has 3 aliphatic heterocycles. The van der Waals surface area contributed by atoms with E-state index < -0.39 is 25.7 Å². The number of aliphatic hydroxyl groups excluding tert-OH is 1. The SMILES string of the molecule is C[C@@H]1[C@@H]([Si](C)(C)F)[C@H](CCO)O[C@@]12C(=O)N(Cc1ccc(N3CCC3=O)cc1)c1ccccc12. The molecule has 2 saturated heterocycles. The molecule has 0 unspecified atom stereocenters. The predicted octanol–water partition coefficient (Wildman–Crippen LogP) is 4.13. The molecular formula is C26H31FN2O4Si. The zero-order valence-corrected chi connectivity index (χ0v) is 20.8. The summed E-state index contributed by atoms with van der Waals surface area (Å²) in [5, 5.41) is 9.63. The van der Waals surface area contributed by atoms with Crippen LogP contribution in [0.1, 0.15) is 30.9 Å². The zero-order chi connectivity index (χ0) is 24.3. The first-order chi connectivity index (χ1) is 16.2. The number of carbonyl (C=O) groups excluding carboxylic acids is 2. The Morgan fingerprint density at radius 2 is 1.85 bits per heavy atom. The largest absolute Gasteiger partial charge is 0.396 e. The first-order valence-electron chi connectivity index (χ1n) is 12.0. The maximum atomic E-state index is 15.5. The van der Waals surface area contributed by atoms with Crippen molar-refractivity contribution in [3.63, 3.8) is 0 Å². The van der Waals surface area contributed by atoms with E-state index in [1.807, 2.05) is 55.5 Å². The summed E-state index contributed by atoms with van der Waals surface area (Å²) in [6.45, 7) is 6.22. The Balaban J connectivity index is 1.49. The highest BCUT2D eigenvalue weighted by atomic mass is 28.4. The fourth-order valence-corrected chi connectivity index (χ4v) is 8.65. The van der Waals surface area contributed by atoms with Gasteiger partial charge in [-0.3, -0.25) is 9.59 Å². The number of aliphatic hydroxyl groups is 1. The lowest BCUT2D eigenvalue weighted by atomic mass is 9.82. The van der Waals surface area contributed by atoms with E-state index in [2.05, 4.69) is 0 Å². The first-order valence-corrected chi connectivity index (χ1v) is 14.9. The van der Waals surface area contributed by atoms with Crippen LogP contribution >= 0.6 is 0 Å². The lowest BCUT2D eigenvalue weighted by Gasteiger charge is -2.31. The summed E-state index contributed by atoms with van der Waals surface area (Å²) in [5.41, 5.74) is 1.71. The number of nitrogens with zero attached hydrogens (tertiary/aromatic N) is 2. The van der Waals surface area contributed by atoms with Crippen LogP contribution < -0.4 is 9.80 Å². The van der Waals surface area contributed by atoms with Crippen LogP contribution in [0.15, 0.2) is 48.5 Å². The van der Waals surface area contributed by atoms with E-state index in [-0.39, 0.29) is 24.3 Å². The van der Waals surface area contributed by atoms with Crippen molar-refractivity contribution >= 4 is 31.6 Å². The van der Waals surface area contributed by atoms with Crippen LogP contribution in [0, 0.1) is 5.92 Å². The minimum Gasteiger partial charge on any atom is -0.396 e. The number of fused-ring (bicyclic) bond motifs is 2. The average molecular weight is 483 g/mol. The van der Waals surface area contributed by atoms with Gasteiger partial charge in [0.15, 0.2) is 5.60 Å². The normalized spacial score (nSPS) is 28.6. The summed E-state index contributed by atoms with van der Waals surface area (Å²) in [6.07, 6.45) is 0.387. The van der Waals surface area contributed by atoms with Gasteiger partial charge in [-0.1, -0.05) is 37.3 Å². The molecule has 2 aromatic carbocycles. The van der Waals surface area contributed by atoms with E-state index in [0.717, 1.165) is 29.0 Å². The molecular weight excluding hydrogens is 451 g/mol. The van der Waals surface area contributed by atoms with Crippen molar-refractivity contribution in [2.45, 2.75) is 56.7 Å². The molecule has 180 valence electrons. The van der Waals surface area contributed by atoms with Gasteiger partial charge in [0.2, 0.25) is 14.3 Å². The lowest BCUT2D eigenvalue weighted by molar-refractivity contribution is -0.146. The molecule has 6 nitrogen and oxygen atoms in total. The highest BCUT2D eigenvalue weighted by Gasteiger charge is 2.66. The maximum Gasteiger partial charge on any atom is 0.264 e. The third kappa shape index (κ3) is 3.42. The van der Waals surface area contributed by atoms with Crippen molar-refractivity contribution in [2.75, 3.05) is 23.0 Å². The molecule has 3 heterocycles. The number of benzene rings is 2. The molecule has 0 aliphatic carbocycles. The van der Waals surface area contributed by atoms with E-state index in [9.17, 15) is 14.7 Å². The number of anilines is 2. The van der Waals surface area contributed by atoms with Crippen molar-refractivity contribution in [3.8, 4) is 0 Å². The van der Waals surface area contributed by atoms with Crippen molar-refractivity contribution in [3.05, 3.63) is 59.7 Å². The van der Waals surface area contributed by atoms with Crippen LogP contribution in [0.5, 0.6) is 0 Å². The fourth-order valence-electron chi connectivity index (χ4n) is 6.11. The number of para-hydroxylation sites is 1. The zero-order valence-electron chi connectivity index (χ0n) is 19.8. The maximum absolute atomic E-state index is 15.5. The second-order valence-electron chi connectivity index (χ2n) is 10.2. The Hall–Kier alpha value is -2.55. The van der Waals surface area contributed by atoms with Gasteiger partial charge < -0.3 is 23.8 Å². The number of carbonyl (C=O) groups is 2. The van der Waals surface area contributed by atoms with Gasteiger partial charge in [-0.25, -0.2) is 0 Å². The molecule has 0 bridgehead atoms. The summed E-state index contributed by atoms with van der Waals surface area (Å²) < 4.78 is 22.0. The third-order valence-corrected chi connectivity index (χ3v) is 10.2. The second kappa shape index (κ2) is 8.29. The lowest BCUT2D eigenvalue weighted by Crippen LogP contribution is -2.45. The molecule has 0 aromatic heterocycles. The molecule has 0 saturated carbocycles. The minimum absolute atomic E-state index is 0.111. The number of hydrogen-bond donors (Lipinski definition) is 1. The van der Waals surface area contributed by atoms with Crippen molar-refractivity contribution < 1.29 is 23.5 Å². The van der Waals surface area contributed by atoms with Gasteiger partial charge in [0.25, 0.3) is 5.91 Å². The summed E-state index contributed by atoms with van der Waals surface area (Å²) in [4.78, 5) is 29.3.